The molecule has 0 spiro atoms. The molecule has 2 aromatic rings. The van der Waals surface area contributed by atoms with E-state index < -0.39 is 16.5 Å². The molecule has 0 heterocycles. The molecule has 0 fully saturated rings. The van der Waals surface area contributed by atoms with Crippen LogP contribution in [-0.2, 0) is 0 Å². The lowest BCUT2D eigenvalue weighted by Crippen LogP contribution is -1.98. The molecule has 2 aromatic carbocycles. The number of halogens is 4. The third kappa shape index (κ3) is 2.90. The molecule has 0 aliphatic carbocycles. The van der Waals surface area contributed by atoms with E-state index in [1.54, 1.807) is 18.2 Å². The van der Waals surface area contributed by atoms with Crippen molar-refractivity contribution in [2.45, 2.75) is 4.83 Å². The number of hydrogen-bond donors (Lipinski definition) is 0. The second-order valence-corrected chi connectivity index (χ2v) is 5.22. The lowest BCUT2D eigenvalue weighted by molar-refractivity contribution is 0.386. The van der Waals surface area contributed by atoms with E-state index in [1.165, 1.54) is 25.3 Å². The van der Waals surface area contributed by atoms with E-state index in [1.807, 2.05) is 0 Å². The molecule has 0 aliphatic rings. The van der Waals surface area contributed by atoms with Gasteiger partial charge >= 0.3 is 0 Å². The van der Waals surface area contributed by atoms with Crippen LogP contribution < -0.4 is 4.74 Å². The van der Waals surface area contributed by atoms with Crippen LogP contribution in [0.25, 0.3) is 0 Å². The number of rotatable bonds is 3. The molecular formula is C14H10BrClF2O. The fourth-order valence-corrected chi connectivity index (χ4v) is 2.56. The van der Waals surface area contributed by atoms with Crippen LogP contribution in [-0.4, -0.2) is 7.11 Å². The largest absolute Gasteiger partial charge is 0.494 e. The molecule has 0 saturated heterocycles. The lowest BCUT2D eigenvalue weighted by Gasteiger charge is -2.13. The minimum absolute atomic E-state index is 0.0379. The Balaban J connectivity index is 2.41. The van der Waals surface area contributed by atoms with Crippen molar-refractivity contribution in [1.29, 1.82) is 0 Å². The van der Waals surface area contributed by atoms with Gasteiger partial charge in [0.15, 0.2) is 11.6 Å². The van der Waals surface area contributed by atoms with Crippen molar-refractivity contribution >= 4 is 27.5 Å². The van der Waals surface area contributed by atoms with Crippen molar-refractivity contribution in [3.05, 3.63) is 64.2 Å². The number of methoxy groups -OCH3 is 1. The second-order valence-electron chi connectivity index (χ2n) is 3.90. The maximum absolute atomic E-state index is 13.9. The van der Waals surface area contributed by atoms with Gasteiger partial charge in [-0.25, -0.2) is 8.78 Å². The Morgan fingerprint density at radius 3 is 2.58 bits per heavy atom. The summed E-state index contributed by atoms with van der Waals surface area (Å²) in [5.74, 6) is -0.857. The van der Waals surface area contributed by atoms with Crippen LogP contribution in [0.15, 0.2) is 36.4 Å². The molecule has 1 unspecified atom stereocenters. The summed E-state index contributed by atoms with van der Waals surface area (Å²) in [5.41, 5.74) is 0.941. The molecule has 0 bridgehead atoms. The standard InChI is InChI=1S/C14H10BrClF2O/c1-19-12-6-5-8(7-11(12)17)13(15)9-3-2-4-10(16)14(9)18/h2-7,13H,1H3. The maximum Gasteiger partial charge on any atom is 0.165 e. The predicted octanol–water partition coefficient (Wildman–Crippen LogP) is 5.11. The van der Waals surface area contributed by atoms with Crippen molar-refractivity contribution in [1.82, 2.24) is 0 Å². The number of hydrogen-bond acceptors (Lipinski definition) is 1. The van der Waals surface area contributed by atoms with Gasteiger partial charge in [0, 0.05) is 5.56 Å². The first-order chi connectivity index (χ1) is 9.04. The smallest absolute Gasteiger partial charge is 0.165 e. The van der Waals surface area contributed by atoms with Crippen LogP contribution in [0.2, 0.25) is 5.02 Å². The van der Waals surface area contributed by atoms with Gasteiger partial charge in [0.2, 0.25) is 0 Å². The fourth-order valence-electron chi connectivity index (χ4n) is 1.74. The molecule has 100 valence electrons. The third-order valence-electron chi connectivity index (χ3n) is 2.72. The molecule has 19 heavy (non-hydrogen) atoms. The summed E-state index contributed by atoms with van der Waals surface area (Å²) in [7, 11) is 1.39. The number of ether oxygens (including phenoxy) is 1. The van der Waals surface area contributed by atoms with Gasteiger partial charge in [-0.2, -0.15) is 0 Å². The first kappa shape index (κ1) is 14.3. The normalized spacial score (nSPS) is 12.3. The first-order valence-electron chi connectivity index (χ1n) is 5.46. The molecule has 0 aromatic heterocycles. The van der Waals surface area contributed by atoms with E-state index in [-0.39, 0.29) is 10.8 Å². The quantitative estimate of drug-likeness (QED) is 0.701. The van der Waals surface area contributed by atoms with Crippen LogP contribution in [0.1, 0.15) is 16.0 Å². The molecule has 0 radical (unpaired) electrons. The Morgan fingerprint density at radius 2 is 1.95 bits per heavy atom. The Morgan fingerprint density at radius 1 is 1.21 bits per heavy atom. The van der Waals surface area contributed by atoms with E-state index in [4.69, 9.17) is 16.3 Å². The zero-order valence-electron chi connectivity index (χ0n) is 9.96. The van der Waals surface area contributed by atoms with Crippen molar-refractivity contribution in [3.63, 3.8) is 0 Å². The summed E-state index contributed by atoms with van der Waals surface area (Å²) < 4.78 is 32.4. The van der Waals surface area contributed by atoms with Gasteiger partial charge in [0.25, 0.3) is 0 Å². The second kappa shape index (κ2) is 5.88. The van der Waals surface area contributed by atoms with Crippen LogP contribution in [0, 0.1) is 11.6 Å². The highest BCUT2D eigenvalue weighted by atomic mass is 79.9. The molecule has 1 nitrogen and oxygen atoms in total. The molecule has 0 amide bonds. The highest BCUT2D eigenvalue weighted by Gasteiger charge is 2.18. The van der Waals surface area contributed by atoms with Crippen LogP contribution in [0.4, 0.5) is 8.78 Å². The van der Waals surface area contributed by atoms with Gasteiger partial charge < -0.3 is 4.74 Å². The molecule has 2 rings (SSSR count). The van der Waals surface area contributed by atoms with Crippen LogP contribution in [0.3, 0.4) is 0 Å². The minimum Gasteiger partial charge on any atom is -0.494 e. The van der Waals surface area contributed by atoms with E-state index in [9.17, 15) is 8.78 Å². The van der Waals surface area contributed by atoms with Crippen molar-refractivity contribution in [3.8, 4) is 5.75 Å². The molecular weight excluding hydrogens is 338 g/mol. The zero-order valence-corrected chi connectivity index (χ0v) is 12.3. The lowest BCUT2D eigenvalue weighted by atomic mass is 10.0. The summed E-state index contributed by atoms with van der Waals surface area (Å²) in [6.45, 7) is 0. The monoisotopic (exact) mass is 346 g/mol. The average molecular weight is 348 g/mol. The Bertz CT molecular complexity index is 604. The number of benzene rings is 2. The molecule has 5 heteroatoms. The Kier molecular flexibility index (Phi) is 4.42. The predicted molar refractivity (Wildman–Crippen MR) is 75.1 cm³/mol. The Labute approximate surface area is 123 Å². The van der Waals surface area contributed by atoms with Crippen molar-refractivity contribution in [2.24, 2.45) is 0 Å². The maximum atomic E-state index is 13.9. The summed E-state index contributed by atoms with van der Waals surface area (Å²) >= 11 is 9.09. The van der Waals surface area contributed by atoms with E-state index in [2.05, 4.69) is 15.9 Å². The van der Waals surface area contributed by atoms with Gasteiger partial charge in [-0.3, -0.25) is 0 Å². The van der Waals surface area contributed by atoms with Gasteiger partial charge in [-0.05, 0) is 23.8 Å². The van der Waals surface area contributed by atoms with E-state index in [0.29, 0.717) is 11.1 Å². The zero-order chi connectivity index (χ0) is 14.0. The Hall–Kier alpha value is -1.13. The topological polar surface area (TPSA) is 9.23 Å². The van der Waals surface area contributed by atoms with E-state index >= 15 is 0 Å². The van der Waals surface area contributed by atoms with Crippen molar-refractivity contribution in [2.75, 3.05) is 7.11 Å². The van der Waals surface area contributed by atoms with E-state index in [0.717, 1.165) is 0 Å². The minimum atomic E-state index is -0.512. The summed E-state index contributed by atoms with van der Waals surface area (Å²) in [4.78, 5) is -0.480. The highest BCUT2D eigenvalue weighted by molar-refractivity contribution is 9.09. The summed E-state index contributed by atoms with van der Waals surface area (Å²) in [6.07, 6.45) is 0. The average Bonchev–Trinajstić information content (AvgIpc) is 2.41. The fraction of sp³-hybridized carbons (Fsp3) is 0.143. The number of alkyl halides is 1. The van der Waals surface area contributed by atoms with Crippen LogP contribution >= 0.6 is 27.5 Å². The van der Waals surface area contributed by atoms with Crippen molar-refractivity contribution < 1.29 is 13.5 Å². The van der Waals surface area contributed by atoms with Crippen LogP contribution in [0.5, 0.6) is 5.75 Å². The molecule has 0 saturated carbocycles. The summed E-state index contributed by atoms with van der Waals surface area (Å²) in [5, 5.41) is 0.0379. The molecule has 0 aliphatic heterocycles. The van der Waals surface area contributed by atoms with Gasteiger partial charge in [-0.1, -0.05) is 45.7 Å². The third-order valence-corrected chi connectivity index (χ3v) is 4.04. The highest BCUT2D eigenvalue weighted by Crippen LogP contribution is 2.35. The SMILES string of the molecule is COc1ccc(C(Br)c2cccc(Cl)c2F)cc1F. The summed E-state index contributed by atoms with van der Waals surface area (Å²) in [6, 6.07) is 9.19. The van der Waals surface area contributed by atoms with Gasteiger partial charge in [0.1, 0.15) is 5.82 Å². The van der Waals surface area contributed by atoms with Gasteiger partial charge in [0.05, 0.1) is 17.0 Å². The van der Waals surface area contributed by atoms with Gasteiger partial charge in [-0.15, -0.1) is 0 Å². The molecule has 0 N–H and O–H groups in total. The first-order valence-corrected chi connectivity index (χ1v) is 6.75. The molecule has 1 atom stereocenters.